The maximum Gasteiger partial charge on any atom is 0.255 e. The van der Waals surface area contributed by atoms with Crippen LogP contribution >= 0.6 is 24.0 Å². The summed E-state index contributed by atoms with van der Waals surface area (Å²) in [7, 11) is -3.85. The SMILES string of the molecule is CC1NCCCC1NS(=O)(=O)c1cc(Cl)ccc1OCC(N)=O.Cl. The highest BCUT2D eigenvalue weighted by Crippen LogP contribution is 2.28. The molecule has 1 aliphatic rings. The second-order valence-electron chi connectivity index (χ2n) is 5.46. The summed E-state index contributed by atoms with van der Waals surface area (Å²) >= 11 is 5.91. The van der Waals surface area contributed by atoms with Gasteiger partial charge in [0.2, 0.25) is 10.0 Å². The van der Waals surface area contributed by atoms with E-state index in [0.29, 0.717) is 0 Å². The molecule has 1 saturated heterocycles. The number of carbonyl (C=O) groups excluding carboxylic acids is 1. The van der Waals surface area contributed by atoms with Gasteiger partial charge in [0, 0.05) is 17.1 Å². The minimum atomic E-state index is -3.85. The Balaban J connectivity index is 0.00000288. The van der Waals surface area contributed by atoms with Crippen LogP contribution in [-0.2, 0) is 14.8 Å². The quantitative estimate of drug-likeness (QED) is 0.663. The van der Waals surface area contributed by atoms with E-state index in [4.69, 9.17) is 22.1 Å². The number of benzene rings is 1. The van der Waals surface area contributed by atoms with E-state index in [0.717, 1.165) is 19.4 Å². The van der Waals surface area contributed by atoms with Crippen LogP contribution in [0, 0.1) is 0 Å². The van der Waals surface area contributed by atoms with E-state index in [1.54, 1.807) is 0 Å². The summed E-state index contributed by atoms with van der Waals surface area (Å²) < 4.78 is 33.2. The summed E-state index contributed by atoms with van der Waals surface area (Å²) in [5, 5.41) is 3.48. The molecule has 1 heterocycles. The van der Waals surface area contributed by atoms with Crippen molar-refractivity contribution < 1.29 is 17.9 Å². The Bertz CT molecular complexity index is 685. The van der Waals surface area contributed by atoms with Gasteiger partial charge in [-0.2, -0.15) is 0 Å². The molecule has 0 bridgehead atoms. The molecule has 1 fully saturated rings. The third kappa shape index (κ3) is 5.49. The van der Waals surface area contributed by atoms with Gasteiger partial charge in [0.05, 0.1) is 0 Å². The van der Waals surface area contributed by atoms with E-state index in [9.17, 15) is 13.2 Å². The van der Waals surface area contributed by atoms with Crippen LogP contribution in [0.15, 0.2) is 23.1 Å². The van der Waals surface area contributed by atoms with Crippen LogP contribution in [0.1, 0.15) is 19.8 Å². The number of primary amides is 1. The molecule has 1 aromatic rings. The molecule has 24 heavy (non-hydrogen) atoms. The van der Waals surface area contributed by atoms with Gasteiger partial charge in [-0.3, -0.25) is 4.79 Å². The summed E-state index contributed by atoms with van der Waals surface area (Å²) in [6, 6.07) is 3.98. The Morgan fingerprint density at radius 3 is 2.83 bits per heavy atom. The van der Waals surface area contributed by atoms with E-state index < -0.39 is 22.5 Å². The van der Waals surface area contributed by atoms with Gasteiger partial charge in [-0.05, 0) is 44.5 Å². The molecule has 0 saturated carbocycles. The van der Waals surface area contributed by atoms with Gasteiger partial charge in [-0.25, -0.2) is 13.1 Å². The third-order valence-electron chi connectivity index (χ3n) is 3.63. The molecule has 4 N–H and O–H groups in total. The zero-order valence-electron chi connectivity index (χ0n) is 13.1. The number of sulfonamides is 1. The van der Waals surface area contributed by atoms with Crippen LogP contribution in [0.2, 0.25) is 5.02 Å². The van der Waals surface area contributed by atoms with Crippen molar-refractivity contribution in [2.45, 2.75) is 36.7 Å². The van der Waals surface area contributed by atoms with Crippen LogP contribution in [0.25, 0.3) is 0 Å². The fraction of sp³-hybridized carbons (Fsp3) is 0.500. The van der Waals surface area contributed by atoms with Crippen molar-refractivity contribution in [3.05, 3.63) is 23.2 Å². The van der Waals surface area contributed by atoms with Crippen molar-refractivity contribution >= 4 is 39.9 Å². The largest absolute Gasteiger partial charge is 0.482 e. The predicted molar refractivity (Wildman–Crippen MR) is 94.2 cm³/mol. The standard InChI is InChI=1S/C14H20ClN3O4S.ClH/c1-9-11(3-2-6-17-9)18-23(20,21)13-7-10(15)4-5-12(13)22-8-14(16)19;/h4-5,7,9,11,17-18H,2-3,6,8H2,1H3,(H2,16,19);1H. The monoisotopic (exact) mass is 397 g/mol. The number of piperidine rings is 1. The number of carbonyl (C=O) groups is 1. The fourth-order valence-corrected chi connectivity index (χ4v) is 4.19. The first kappa shape index (κ1) is 21.0. The number of amides is 1. The lowest BCUT2D eigenvalue weighted by Crippen LogP contribution is -2.51. The summed E-state index contributed by atoms with van der Waals surface area (Å²) in [5.41, 5.74) is 5.03. The molecule has 2 rings (SSSR count). The van der Waals surface area contributed by atoms with Gasteiger partial charge < -0.3 is 15.8 Å². The van der Waals surface area contributed by atoms with Crippen LogP contribution in [-0.4, -0.2) is 39.6 Å². The van der Waals surface area contributed by atoms with Crippen molar-refractivity contribution in [2.24, 2.45) is 5.73 Å². The number of ether oxygens (including phenoxy) is 1. The maximum atomic E-state index is 12.7. The smallest absolute Gasteiger partial charge is 0.255 e. The first-order valence-corrected chi connectivity index (χ1v) is 9.12. The molecule has 136 valence electrons. The molecular weight excluding hydrogens is 377 g/mol. The third-order valence-corrected chi connectivity index (χ3v) is 5.38. The molecule has 0 aliphatic carbocycles. The first-order valence-electron chi connectivity index (χ1n) is 7.26. The van der Waals surface area contributed by atoms with E-state index in [1.165, 1.54) is 18.2 Å². The van der Waals surface area contributed by atoms with E-state index in [1.807, 2.05) is 6.92 Å². The average molecular weight is 398 g/mol. The number of rotatable bonds is 6. The van der Waals surface area contributed by atoms with Gasteiger partial charge in [-0.15, -0.1) is 12.4 Å². The Morgan fingerprint density at radius 2 is 2.21 bits per heavy atom. The summed E-state index contributed by atoms with van der Waals surface area (Å²) in [5.74, 6) is -0.654. The van der Waals surface area contributed by atoms with Crippen molar-refractivity contribution in [1.29, 1.82) is 0 Å². The number of hydrogen-bond acceptors (Lipinski definition) is 5. The molecule has 2 unspecified atom stereocenters. The summed E-state index contributed by atoms with van der Waals surface area (Å²) in [6.07, 6.45) is 1.63. The van der Waals surface area contributed by atoms with E-state index in [2.05, 4.69) is 10.0 Å². The van der Waals surface area contributed by atoms with Gasteiger partial charge in [0.15, 0.2) is 6.61 Å². The molecule has 0 spiro atoms. The van der Waals surface area contributed by atoms with Crippen molar-refractivity contribution in [3.63, 3.8) is 0 Å². The van der Waals surface area contributed by atoms with Crippen molar-refractivity contribution in [2.75, 3.05) is 13.2 Å². The van der Waals surface area contributed by atoms with Crippen LogP contribution in [0.4, 0.5) is 0 Å². The molecule has 0 aromatic heterocycles. The topological polar surface area (TPSA) is 111 Å². The maximum absolute atomic E-state index is 12.7. The average Bonchev–Trinajstić information content (AvgIpc) is 2.48. The van der Waals surface area contributed by atoms with Gasteiger partial charge in [0.1, 0.15) is 10.6 Å². The minimum absolute atomic E-state index is 0. The Morgan fingerprint density at radius 1 is 1.50 bits per heavy atom. The molecule has 1 aliphatic heterocycles. The first-order chi connectivity index (χ1) is 10.8. The van der Waals surface area contributed by atoms with Crippen LogP contribution in [0.5, 0.6) is 5.75 Å². The normalized spacial score (nSPS) is 20.9. The summed E-state index contributed by atoms with van der Waals surface area (Å²) in [6.45, 7) is 2.38. The van der Waals surface area contributed by atoms with Crippen LogP contribution in [0.3, 0.4) is 0 Å². The molecule has 0 radical (unpaired) electrons. The van der Waals surface area contributed by atoms with E-state index in [-0.39, 0.29) is 40.2 Å². The van der Waals surface area contributed by atoms with Gasteiger partial charge >= 0.3 is 0 Å². The second kappa shape index (κ2) is 8.87. The number of halogens is 2. The number of nitrogens with one attached hydrogen (secondary N) is 2. The highest BCUT2D eigenvalue weighted by atomic mass is 35.5. The lowest BCUT2D eigenvalue weighted by molar-refractivity contribution is -0.120. The molecular formula is C14H21Cl2N3O4S. The molecule has 10 heteroatoms. The van der Waals surface area contributed by atoms with Crippen molar-refractivity contribution in [3.8, 4) is 5.75 Å². The predicted octanol–water partition coefficient (Wildman–Crippen LogP) is 1.04. The number of hydrogen-bond donors (Lipinski definition) is 3. The zero-order chi connectivity index (χ0) is 17.0. The zero-order valence-corrected chi connectivity index (χ0v) is 15.5. The Hall–Kier alpha value is -1.06. The lowest BCUT2D eigenvalue weighted by atomic mass is 10.0. The second-order valence-corrected chi connectivity index (χ2v) is 7.58. The molecule has 1 amide bonds. The Kier molecular flexibility index (Phi) is 7.75. The Labute approximate surface area is 152 Å². The van der Waals surface area contributed by atoms with Crippen LogP contribution < -0.4 is 20.5 Å². The van der Waals surface area contributed by atoms with Gasteiger partial charge in [-0.1, -0.05) is 11.6 Å². The molecule has 2 atom stereocenters. The highest BCUT2D eigenvalue weighted by Gasteiger charge is 2.28. The molecule has 7 nitrogen and oxygen atoms in total. The van der Waals surface area contributed by atoms with Gasteiger partial charge in [0.25, 0.3) is 5.91 Å². The summed E-state index contributed by atoms with van der Waals surface area (Å²) in [4.78, 5) is 10.8. The lowest BCUT2D eigenvalue weighted by Gasteiger charge is -2.30. The highest BCUT2D eigenvalue weighted by molar-refractivity contribution is 7.89. The van der Waals surface area contributed by atoms with E-state index >= 15 is 0 Å². The number of nitrogens with two attached hydrogens (primary N) is 1. The fourth-order valence-electron chi connectivity index (χ4n) is 2.43. The minimum Gasteiger partial charge on any atom is -0.482 e. The van der Waals surface area contributed by atoms with Crippen molar-refractivity contribution in [1.82, 2.24) is 10.0 Å². The molecule has 1 aromatic carbocycles.